The Balaban J connectivity index is 2.92. The SMILES string of the molecule is N#CCc1cc(C(O)C(O)CN=[N+]=[N-])ccc1F. The zero-order chi connectivity index (χ0) is 13.5. The zero-order valence-electron chi connectivity index (χ0n) is 9.36. The molecule has 2 atom stereocenters. The van der Waals surface area contributed by atoms with Crippen molar-refractivity contribution in [3.8, 4) is 6.07 Å². The van der Waals surface area contributed by atoms with Crippen LogP contribution in [0, 0.1) is 17.1 Å². The number of nitriles is 1. The quantitative estimate of drug-likeness (QED) is 0.470. The molecule has 0 aliphatic heterocycles. The van der Waals surface area contributed by atoms with E-state index in [1.54, 1.807) is 6.07 Å². The highest BCUT2D eigenvalue weighted by atomic mass is 19.1. The minimum absolute atomic E-state index is 0.126. The first-order valence-corrected chi connectivity index (χ1v) is 5.12. The third kappa shape index (κ3) is 3.43. The Labute approximate surface area is 103 Å². The van der Waals surface area contributed by atoms with Crippen LogP contribution in [0.4, 0.5) is 4.39 Å². The molecule has 0 fully saturated rings. The monoisotopic (exact) mass is 250 g/mol. The summed E-state index contributed by atoms with van der Waals surface area (Å²) in [5, 5.41) is 30.9. The first-order valence-electron chi connectivity index (χ1n) is 5.12. The van der Waals surface area contributed by atoms with Crippen LogP contribution in [0.15, 0.2) is 23.3 Å². The van der Waals surface area contributed by atoms with Gasteiger partial charge in [-0.2, -0.15) is 5.26 Å². The van der Waals surface area contributed by atoms with Gasteiger partial charge in [-0.05, 0) is 23.2 Å². The Morgan fingerprint density at radius 2 is 2.22 bits per heavy atom. The predicted octanol–water partition coefficient (Wildman–Crippen LogP) is 1.60. The van der Waals surface area contributed by atoms with Crippen molar-refractivity contribution in [2.24, 2.45) is 5.11 Å². The summed E-state index contributed by atoms with van der Waals surface area (Å²) in [6.07, 6.45) is -2.70. The maximum Gasteiger partial charge on any atom is 0.127 e. The molecule has 0 spiro atoms. The Bertz CT molecular complexity index is 508. The van der Waals surface area contributed by atoms with E-state index in [0.717, 1.165) is 6.07 Å². The highest BCUT2D eigenvalue weighted by Crippen LogP contribution is 2.20. The van der Waals surface area contributed by atoms with Crippen LogP contribution in [0.3, 0.4) is 0 Å². The highest BCUT2D eigenvalue weighted by Gasteiger charge is 2.18. The van der Waals surface area contributed by atoms with Crippen LogP contribution in [-0.2, 0) is 6.42 Å². The lowest BCUT2D eigenvalue weighted by molar-refractivity contribution is 0.0243. The van der Waals surface area contributed by atoms with Gasteiger partial charge in [-0.3, -0.25) is 0 Å². The fraction of sp³-hybridized carbons (Fsp3) is 0.364. The number of aliphatic hydroxyl groups excluding tert-OH is 2. The fourth-order valence-electron chi connectivity index (χ4n) is 1.44. The summed E-state index contributed by atoms with van der Waals surface area (Å²) in [5.41, 5.74) is 8.51. The number of rotatable bonds is 5. The van der Waals surface area contributed by atoms with Gasteiger partial charge in [0.25, 0.3) is 0 Å². The van der Waals surface area contributed by atoms with E-state index in [2.05, 4.69) is 10.0 Å². The lowest BCUT2D eigenvalue weighted by atomic mass is 10.0. The molecule has 0 aliphatic rings. The number of halogens is 1. The molecule has 1 aromatic carbocycles. The number of aliphatic hydroxyl groups is 2. The van der Waals surface area contributed by atoms with Gasteiger partial charge in [-0.25, -0.2) is 4.39 Å². The van der Waals surface area contributed by atoms with Gasteiger partial charge in [0.05, 0.1) is 25.1 Å². The first-order chi connectivity index (χ1) is 8.60. The second-order valence-electron chi connectivity index (χ2n) is 3.61. The van der Waals surface area contributed by atoms with E-state index in [1.807, 2.05) is 0 Å². The average Bonchev–Trinajstić information content (AvgIpc) is 2.38. The van der Waals surface area contributed by atoms with Crippen molar-refractivity contribution in [1.29, 1.82) is 5.26 Å². The van der Waals surface area contributed by atoms with Crippen molar-refractivity contribution in [2.45, 2.75) is 18.6 Å². The lowest BCUT2D eigenvalue weighted by Crippen LogP contribution is -2.21. The van der Waals surface area contributed by atoms with Crippen LogP contribution >= 0.6 is 0 Å². The van der Waals surface area contributed by atoms with Gasteiger partial charge in [0, 0.05) is 10.5 Å². The molecule has 94 valence electrons. The number of nitrogens with zero attached hydrogens (tertiary/aromatic N) is 4. The second-order valence-corrected chi connectivity index (χ2v) is 3.61. The van der Waals surface area contributed by atoms with E-state index in [0.29, 0.717) is 0 Å². The molecule has 0 heterocycles. The molecule has 0 radical (unpaired) electrons. The van der Waals surface area contributed by atoms with Crippen molar-refractivity contribution in [2.75, 3.05) is 6.54 Å². The van der Waals surface area contributed by atoms with Gasteiger partial charge in [-0.15, -0.1) is 0 Å². The second kappa shape index (κ2) is 6.57. The molecule has 0 bridgehead atoms. The van der Waals surface area contributed by atoms with Crippen LogP contribution in [0.5, 0.6) is 0 Å². The standard InChI is InChI=1S/C11H11FN4O2/c12-9-2-1-8(5-7(9)3-4-13)11(18)10(17)6-15-16-14/h1-2,5,10-11,17-18H,3,6H2. The van der Waals surface area contributed by atoms with E-state index in [-0.39, 0.29) is 24.1 Å². The summed E-state index contributed by atoms with van der Waals surface area (Å²) in [6, 6.07) is 5.53. The van der Waals surface area contributed by atoms with Gasteiger partial charge < -0.3 is 10.2 Å². The number of azide groups is 1. The molecule has 1 rings (SSSR count). The van der Waals surface area contributed by atoms with Crippen molar-refractivity contribution in [3.63, 3.8) is 0 Å². The summed E-state index contributed by atoms with van der Waals surface area (Å²) in [7, 11) is 0. The smallest absolute Gasteiger partial charge is 0.127 e. The Kier molecular flexibility index (Phi) is 5.08. The number of hydrogen-bond acceptors (Lipinski definition) is 4. The lowest BCUT2D eigenvalue weighted by Gasteiger charge is -2.16. The van der Waals surface area contributed by atoms with Crippen LogP contribution in [0.25, 0.3) is 10.4 Å². The normalized spacial score (nSPS) is 13.2. The van der Waals surface area contributed by atoms with E-state index in [4.69, 9.17) is 10.8 Å². The van der Waals surface area contributed by atoms with Gasteiger partial charge in [0.1, 0.15) is 11.9 Å². The predicted molar refractivity (Wildman–Crippen MR) is 60.7 cm³/mol. The van der Waals surface area contributed by atoms with Crippen molar-refractivity contribution in [1.82, 2.24) is 0 Å². The molecule has 2 N–H and O–H groups in total. The molecule has 2 unspecified atom stereocenters. The fourth-order valence-corrected chi connectivity index (χ4v) is 1.44. The van der Waals surface area contributed by atoms with E-state index < -0.39 is 18.0 Å². The molecule has 0 aliphatic carbocycles. The number of hydrogen-bond donors (Lipinski definition) is 2. The largest absolute Gasteiger partial charge is 0.390 e. The molecular formula is C11H11FN4O2. The minimum Gasteiger partial charge on any atom is -0.390 e. The molecule has 18 heavy (non-hydrogen) atoms. The Hall–Kier alpha value is -2.13. The molecule has 1 aromatic rings. The van der Waals surface area contributed by atoms with Gasteiger partial charge >= 0.3 is 0 Å². The summed E-state index contributed by atoms with van der Waals surface area (Å²) < 4.78 is 13.3. The zero-order valence-corrected chi connectivity index (χ0v) is 9.36. The third-order valence-electron chi connectivity index (χ3n) is 2.38. The minimum atomic E-state index is -1.30. The third-order valence-corrected chi connectivity index (χ3v) is 2.38. The van der Waals surface area contributed by atoms with Crippen molar-refractivity contribution < 1.29 is 14.6 Å². The molecule has 0 amide bonds. The van der Waals surface area contributed by atoms with E-state index >= 15 is 0 Å². The van der Waals surface area contributed by atoms with Crippen LogP contribution in [-0.4, -0.2) is 22.9 Å². The maximum absolute atomic E-state index is 13.3. The summed E-state index contributed by atoms with van der Waals surface area (Å²) in [6.45, 7) is -0.289. The maximum atomic E-state index is 13.3. The average molecular weight is 250 g/mol. The Morgan fingerprint density at radius 3 is 2.83 bits per heavy atom. The first kappa shape index (κ1) is 13.9. The molecule has 6 nitrogen and oxygen atoms in total. The summed E-state index contributed by atoms with van der Waals surface area (Å²) in [4.78, 5) is 2.46. The highest BCUT2D eigenvalue weighted by molar-refractivity contribution is 5.29. The van der Waals surface area contributed by atoms with Gasteiger partial charge in [0.2, 0.25) is 0 Å². The van der Waals surface area contributed by atoms with E-state index in [9.17, 15) is 14.6 Å². The summed E-state index contributed by atoms with van der Waals surface area (Å²) >= 11 is 0. The molecule has 0 saturated heterocycles. The molecule has 0 aromatic heterocycles. The van der Waals surface area contributed by atoms with Crippen molar-refractivity contribution >= 4 is 0 Å². The van der Waals surface area contributed by atoms with Crippen LogP contribution in [0.1, 0.15) is 17.2 Å². The van der Waals surface area contributed by atoms with E-state index in [1.165, 1.54) is 12.1 Å². The molecule has 7 heteroatoms. The van der Waals surface area contributed by atoms with Gasteiger partial charge in [0.15, 0.2) is 0 Å². The molecular weight excluding hydrogens is 239 g/mol. The van der Waals surface area contributed by atoms with Crippen LogP contribution in [0.2, 0.25) is 0 Å². The molecule has 0 saturated carbocycles. The Morgan fingerprint density at radius 1 is 1.50 bits per heavy atom. The van der Waals surface area contributed by atoms with Crippen molar-refractivity contribution in [3.05, 3.63) is 45.6 Å². The number of benzene rings is 1. The topological polar surface area (TPSA) is 113 Å². The van der Waals surface area contributed by atoms with Gasteiger partial charge in [-0.1, -0.05) is 11.2 Å². The van der Waals surface area contributed by atoms with Crippen LogP contribution < -0.4 is 0 Å². The summed E-state index contributed by atoms with van der Waals surface area (Å²) in [5.74, 6) is -0.544.